The second kappa shape index (κ2) is 7.10. The Bertz CT molecular complexity index is 440. The average molecular weight is 310 g/mol. The Balaban J connectivity index is 1.80. The molecule has 1 aliphatic carbocycles. The molecule has 1 aromatic carbocycles. The fourth-order valence-electron chi connectivity index (χ4n) is 3.15. The zero-order valence-corrected chi connectivity index (χ0v) is 14.2. The lowest BCUT2D eigenvalue weighted by Gasteiger charge is -2.49. The Hall–Kier alpha value is -0.610. The van der Waals surface area contributed by atoms with E-state index in [9.17, 15) is 0 Å². The summed E-state index contributed by atoms with van der Waals surface area (Å²) in [4.78, 5) is 4.82. The second-order valence-corrected chi connectivity index (χ2v) is 7.09. The van der Waals surface area contributed by atoms with Gasteiger partial charge in [-0.3, -0.25) is 0 Å². The summed E-state index contributed by atoms with van der Waals surface area (Å²) < 4.78 is 0. The van der Waals surface area contributed by atoms with E-state index >= 15 is 0 Å². The minimum absolute atomic E-state index is 0.0846. The first-order valence-electron chi connectivity index (χ1n) is 7.80. The van der Waals surface area contributed by atoms with Crippen LogP contribution in [0.3, 0.4) is 0 Å². The first-order valence-corrected chi connectivity index (χ1v) is 8.18. The lowest BCUT2D eigenvalue weighted by molar-refractivity contribution is 0.0272. The minimum atomic E-state index is 0.0846. The van der Waals surface area contributed by atoms with Crippen LogP contribution >= 0.6 is 11.6 Å². The van der Waals surface area contributed by atoms with E-state index in [1.807, 2.05) is 24.3 Å². The minimum Gasteiger partial charge on any atom is -0.324 e. The van der Waals surface area contributed by atoms with Gasteiger partial charge in [-0.05, 0) is 71.1 Å². The molecule has 0 radical (unpaired) electrons. The zero-order chi connectivity index (χ0) is 15.5. The summed E-state index contributed by atoms with van der Waals surface area (Å²) in [6.45, 7) is 2.16. The van der Waals surface area contributed by atoms with Crippen molar-refractivity contribution in [1.29, 1.82) is 0 Å². The summed E-state index contributed by atoms with van der Waals surface area (Å²) in [6.07, 6.45) is 4.96. The average Bonchev–Trinajstić information content (AvgIpc) is 2.40. The molecule has 0 aliphatic heterocycles. The first-order chi connectivity index (χ1) is 9.93. The number of nitrogens with two attached hydrogens (primary N) is 1. The van der Waals surface area contributed by atoms with Crippen LogP contribution in [0.5, 0.6) is 0 Å². The molecule has 3 nitrogen and oxygen atoms in total. The highest BCUT2D eigenvalue weighted by Crippen LogP contribution is 2.36. The molecule has 118 valence electrons. The molecule has 1 fully saturated rings. The van der Waals surface area contributed by atoms with Crippen LogP contribution in [0.4, 0.5) is 0 Å². The lowest BCUT2D eigenvalue weighted by atomic mass is 9.75. The van der Waals surface area contributed by atoms with E-state index in [1.54, 1.807) is 0 Å². The van der Waals surface area contributed by atoms with Gasteiger partial charge in [-0.15, -0.1) is 0 Å². The predicted molar refractivity (Wildman–Crippen MR) is 90.8 cm³/mol. The summed E-state index contributed by atoms with van der Waals surface area (Å²) in [5.74, 6) is 0. The van der Waals surface area contributed by atoms with Crippen molar-refractivity contribution in [3.8, 4) is 0 Å². The molecule has 4 heteroatoms. The zero-order valence-electron chi connectivity index (χ0n) is 13.5. The van der Waals surface area contributed by atoms with Crippen LogP contribution in [0.1, 0.15) is 37.3 Å². The van der Waals surface area contributed by atoms with Crippen LogP contribution < -0.4 is 5.73 Å². The van der Waals surface area contributed by atoms with E-state index in [1.165, 1.54) is 24.8 Å². The largest absolute Gasteiger partial charge is 0.324 e. The molecule has 1 atom stereocenters. The highest BCUT2D eigenvalue weighted by atomic mass is 35.5. The number of benzene rings is 1. The maximum absolute atomic E-state index is 6.28. The molecule has 0 amide bonds. The van der Waals surface area contributed by atoms with E-state index in [4.69, 9.17) is 17.3 Å². The summed E-state index contributed by atoms with van der Waals surface area (Å²) in [5.41, 5.74) is 7.84. The highest BCUT2D eigenvalue weighted by Gasteiger charge is 2.39. The quantitative estimate of drug-likeness (QED) is 0.840. The van der Waals surface area contributed by atoms with Gasteiger partial charge in [0.05, 0.1) is 0 Å². The van der Waals surface area contributed by atoms with Gasteiger partial charge in [-0.1, -0.05) is 23.7 Å². The molecule has 0 bridgehead atoms. The molecule has 0 heterocycles. The molecule has 21 heavy (non-hydrogen) atoms. The molecule has 2 N–H and O–H groups in total. The fraction of sp³-hybridized carbons (Fsp3) is 0.647. The second-order valence-electron chi connectivity index (χ2n) is 6.66. The van der Waals surface area contributed by atoms with Crippen molar-refractivity contribution in [3.05, 3.63) is 34.9 Å². The summed E-state index contributed by atoms with van der Waals surface area (Å²) in [5, 5.41) is 0.765. The Kier molecular flexibility index (Phi) is 5.67. The smallest absolute Gasteiger partial charge is 0.0406 e. The number of halogens is 1. The van der Waals surface area contributed by atoms with E-state index < -0.39 is 0 Å². The molecular weight excluding hydrogens is 282 g/mol. The molecule has 1 aromatic rings. The monoisotopic (exact) mass is 309 g/mol. The molecule has 1 aliphatic rings. The number of nitrogens with zero attached hydrogens (tertiary/aromatic N) is 2. The van der Waals surface area contributed by atoms with Gasteiger partial charge in [-0.25, -0.2) is 0 Å². The van der Waals surface area contributed by atoms with Crippen molar-refractivity contribution in [2.24, 2.45) is 5.73 Å². The summed E-state index contributed by atoms with van der Waals surface area (Å²) in [7, 11) is 6.61. The van der Waals surface area contributed by atoms with Crippen molar-refractivity contribution in [2.75, 3.05) is 34.2 Å². The molecule has 1 saturated carbocycles. The Morgan fingerprint density at radius 2 is 1.81 bits per heavy atom. The van der Waals surface area contributed by atoms with Gasteiger partial charge in [0.15, 0.2) is 0 Å². The van der Waals surface area contributed by atoms with Crippen LogP contribution in [-0.4, -0.2) is 49.6 Å². The number of likely N-dealkylation sites (N-methyl/N-ethyl adjacent to an activating group) is 2. The van der Waals surface area contributed by atoms with Crippen LogP contribution in [0.15, 0.2) is 24.3 Å². The van der Waals surface area contributed by atoms with Crippen LogP contribution in [0.25, 0.3) is 0 Å². The van der Waals surface area contributed by atoms with Gasteiger partial charge in [-0.2, -0.15) is 0 Å². The Labute approximate surface area is 134 Å². The summed E-state index contributed by atoms with van der Waals surface area (Å²) in [6, 6.07) is 7.97. The van der Waals surface area contributed by atoms with Gasteiger partial charge < -0.3 is 15.5 Å². The first kappa shape index (κ1) is 16.8. The van der Waals surface area contributed by atoms with Crippen molar-refractivity contribution >= 4 is 11.6 Å². The van der Waals surface area contributed by atoms with Crippen molar-refractivity contribution in [1.82, 2.24) is 9.80 Å². The van der Waals surface area contributed by atoms with Gasteiger partial charge in [0.1, 0.15) is 0 Å². The number of rotatable bonds is 7. The lowest BCUT2D eigenvalue weighted by Crippen LogP contribution is -2.56. The molecule has 1 unspecified atom stereocenters. The number of hydrogen-bond donors (Lipinski definition) is 1. The van der Waals surface area contributed by atoms with Gasteiger partial charge in [0.25, 0.3) is 0 Å². The van der Waals surface area contributed by atoms with E-state index in [2.05, 4.69) is 30.9 Å². The third-order valence-electron chi connectivity index (χ3n) is 4.92. The predicted octanol–water partition coefficient (Wildman–Crippen LogP) is 3.15. The van der Waals surface area contributed by atoms with Crippen LogP contribution in [0.2, 0.25) is 5.02 Å². The third kappa shape index (κ3) is 4.19. The van der Waals surface area contributed by atoms with E-state index in [0.717, 1.165) is 24.5 Å². The third-order valence-corrected chi connectivity index (χ3v) is 5.17. The van der Waals surface area contributed by atoms with E-state index in [0.29, 0.717) is 5.54 Å². The number of hydrogen-bond acceptors (Lipinski definition) is 3. The Morgan fingerprint density at radius 1 is 1.19 bits per heavy atom. The standard InChI is InChI=1S/C17H28ClN3/c1-20(2)17(10-4-11-17)13-21(3)12-9-16(19)14-5-7-15(18)8-6-14/h5-8,16H,4,9-13,19H2,1-3H3. The maximum atomic E-state index is 6.28. The highest BCUT2D eigenvalue weighted by molar-refractivity contribution is 6.30. The normalized spacial score (nSPS) is 18.8. The Morgan fingerprint density at radius 3 is 2.29 bits per heavy atom. The van der Waals surface area contributed by atoms with Crippen LogP contribution in [0, 0.1) is 0 Å². The van der Waals surface area contributed by atoms with Gasteiger partial charge >= 0.3 is 0 Å². The fourth-order valence-corrected chi connectivity index (χ4v) is 3.28. The van der Waals surface area contributed by atoms with Gasteiger partial charge in [0, 0.05) is 23.1 Å². The van der Waals surface area contributed by atoms with Crippen molar-refractivity contribution < 1.29 is 0 Å². The molecule has 0 saturated heterocycles. The molecular formula is C17H28ClN3. The summed E-state index contributed by atoms with van der Waals surface area (Å²) >= 11 is 5.91. The van der Waals surface area contributed by atoms with Crippen molar-refractivity contribution in [3.63, 3.8) is 0 Å². The molecule has 0 spiro atoms. The SMILES string of the molecule is CN(CCC(N)c1ccc(Cl)cc1)CC1(N(C)C)CCC1. The topological polar surface area (TPSA) is 32.5 Å². The van der Waals surface area contributed by atoms with Crippen molar-refractivity contribution in [2.45, 2.75) is 37.3 Å². The van der Waals surface area contributed by atoms with E-state index in [-0.39, 0.29) is 6.04 Å². The van der Waals surface area contributed by atoms with Crippen LogP contribution in [-0.2, 0) is 0 Å². The molecule has 2 rings (SSSR count). The maximum Gasteiger partial charge on any atom is 0.0406 e. The van der Waals surface area contributed by atoms with Gasteiger partial charge in [0.2, 0.25) is 0 Å². The molecule has 0 aromatic heterocycles.